The summed E-state index contributed by atoms with van der Waals surface area (Å²) >= 11 is 6.29. The molecule has 0 aliphatic carbocycles. The Hall–Kier alpha value is -2.00. The van der Waals surface area contributed by atoms with Gasteiger partial charge >= 0.3 is 0 Å². The standard InChI is InChI=1S/C21H25ClN6.HI/c1-2-23-21(25-13-17-12-15-6-3-4-8-19(15)26-17)27-16-9-11-28(14-16)20-18(22)7-5-10-24-20;/h3-8,10,12,16,26H,2,9,11,13-14H2,1H3,(H2,23,25,27);1H. The second kappa shape index (κ2) is 10.2. The summed E-state index contributed by atoms with van der Waals surface area (Å²) in [5, 5.41) is 8.81. The van der Waals surface area contributed by atoms with Gasteiger partial charge in [0.15, 0.2) is 5.96 Å². The van der Waals surface area contributed by atoms with Crippen LogP contribution in [0.25, 0.3) is 10.9 Å². The Balaban J connectivity index is 0.00000240. The largest absolute Gasteiger partial charge is 0.357 e. The number of aromatic amines is 1. The highest BCUT2D eigenvalue weighted by molar-refractivity contribution is 14.0. The van der Waals surface area contributed by atoms with Crippen LogP contribution in [0.15, 0.2) is 53.7 Å². The first-order valence-corrected chi connectivity index (χ1v) is 10.1. The molecule has 0 bridgehead atoms. The van der Waals surface area contributed by atoms with Gasteiger partial charge in [-0.2, -0.15) is 0 Å². The summed E-state index contributed by atoms with van der Waals surface area (Å²) < 4.78 is 0. The molecule has 3 N–H and O–H groups in total. The maximum Gasteiger partial charge on any atom is 0.191 e. The Morgan fingerprint density at radius 3 is 2.97 bits per heavy atom. The lowest BCUT2D eigenvalue weighted by Crippen LogP contribution is -2.44. The zero-order chi connectivity index (χ0) is 19.3. The number of halogens is 2. The fourth-order valence-corrected chi connectivity index (χ4v) is 3.82. The molecule has 3 aromatic rings. The van der Waals surface area contributed by atoms with E-state index in [9.17, 15) is 0 Å². The first kappa shape index (κ1) is 21.7. The van der Waals surface area contributed by atoms with Crippen molar-refractivity contribution < 1.29 is 0 Å². The number of hydrogen-bond donors (Lipinski definition) is 3. The molecule has 6 nitrogen and oxygen atoms in total. The second-order valence-corrected chi connectivity index (χ2v) is 7.37. The molecule has 4 rings (SSSR count). The number of hydrogen-bond acceptors (Lipinski definition) is 3. The number of nitrogens with one attached hydrogen (secondary N) is 3. The Morgan fingerprint density at radius 2 is 2.17 bits per heavy atom. The van der Waals surface area contributed by atoms with Crippen LogP contribution in [-0.2, 0) is 6.54 Å². The third-order valence-corrected chi connectivity index (χ3v) is 5.20. The van der Waals surface area contributed by atoms with Gasteiger partial charge in [-0.05, 0) is 43.0 Å². The van der Waals surface area contributed by atoms with Crippen molar-refractivity contribution in [3.63, 3.8) is 0 Å². The lowest BCUT2D eigenvalue weighted by molar-refractivity contribution is 0.648. The SMILES string of the molecule is CCNC(=NCc1cc2ccccc2[nH]1)NC1CCN(c2ncccc2Cl)C1.I. The molecule has 1 aromatic carbocycles. The summed E-state index contributed by atoms with van der Waals surface area (Å²) in [5.74, 6) is 1.69. The maximum absolute atomic E-state index is 6.29. The highest BCUT2D eigenvalue weighted by Crippen LogP contribution is 2.25. The van der Waals surface area contributed by atoms with Gasteiger partial charge in [-0.3, -0.25) is 0 Å². The van der Waals surface area contributed by atoms with Gasteiger partial charge in [-0.1, -0.05) is 29.8 Å². The monoisotopic (exact) mass is 524 g/mol. The molecule has 0 saturated carbocycles. The zero-order valence-corrected chi connectivity index (χ0v) is 19.4. The molecule has 1 saturated heterocycles. The van der Waals surface area contributed by atoms with Gasteiger partial charge in [0.25, 0.3) is 0 Å². The molecule has 1 aliphatic heterocycles. The molecule has 8 heteroatoms. The molecule has 2 aromatic heterocycles. The van der Waals surface area contributed by atoms with Gasteiger partial charge in [0.2, 0.25) is 0 Å². The van der Waals surface area contributed by atoms with Crippen LogP contribution >= 0.6 is 35.6 Å². The zero-order valence-electron chi connectivity index (χ0n) is 16.4. The summed E-state index contributed by atoms with van der Waals surface area (Å²) in [6, 6.07) is 14.5. The van der Waals surface area contributed by atoms with Gasteiger partial charge in [0.1, 0.15) is 5.82 Å². The van der Waals surface area contributed by atoms with Crippen molar-refractivity contribution in [2.45, 2.75) is 25.9 Å². The van der Waals surface area contributed by atoms with Crippen molar-refractivity contribution in [3.05, 3.63) is 59.4 Å². The van der Waals surface area contributed by atoms with Crippen LogP contribution in [-0.4, -0.2) is 41.6 Å². The third kappa shape index (κ3) is 5.33. The molecular formula is C21H26ClIN6. The molecule has 154 valence electrons. The summed E-state index contributed by atoms with van der Waals surface area (Å²) in [6.07, 6.45) is 2.80. The Labute approximate surface area is 193 Å². The van der Waals surface area contributed by atoms with E-state index in [1.165, 1.54) is 5.39 Å². The number of anilines is 1. The topological polar surface area (TPSA) is 68.3 Å². The summed E-state index contributed by atoms with van der Waals surface area (Å²) in [4.78, 5) is 14.8. The molecule has 0 spiro atoms. The number of rotatable bonds is 5. The van der Waals surface area contributed by atoms with E-state index in [0.717, 1.165) is 49.0 Å². The van der Waals surface area contributed by atoms with E-state index in [0.29, 0.717) is 17.6 Å². The number of pyridine rings is 1. The van der Waals surface area contributed by atoms with Crippen molar-refractivity contribution >= 4 is 58.3 Å². The lowest BCUT2D eigenvalue weighted by Gasteiger charge is -2.20. The number of fused-ring (bicyclic) bond motifs is 1. The Kier molecular flexibility index (Phi) is 7.60. The second-order valence-electron chi connectivity index (χ2n) is 6.96. The van der Waals surface area contributed by atoms with Crippen LogP contribution in [0.4, 0.5) is 5.82 Å². The Morgan fingerprint density at radius 1 is 1.31 bits per heavy atom. The highest BCUT2D eigenvalue weighted by Gasteiger charge is 2.25. The predicted molar refractivity (Wildman–Crippen MR) is 132 cm³/mol. The van der Waals surface area contributed by atoms with Crippen molar-refractivity contribution in [1.29, 1.82) is 0 Å². The summed E-state index contributed by atoms with van der Waals surface area (Å²) in [7, 11) is 0. The molecule has 3 heterocycles. The van der Waals surface area contributed by atoms with E-state index >= 15 is 0 Å². The molecule has 1 aliphatic rings. The van der Waals surface area contributed by atoms with Crippen LogP contribution in [0.3, 0.4) is 0 Å². The van der Waals surface area contributed by atoms with Crippen LogP contribution in [0.2, 0.25) is 5.02 Å². The van der Waals surface area contributed by atoms with E-state index < -0.39 is 0 Å². The molecule has 0 radical (unpaired) electrons. The minimum atomic E-state index is 0. The summed E-state index contributed by atoms with van der Waals surface area (Å²) in [6.45, 7) is 5.28. The number of para-hydroxylation sites is 1. The number of benzene rings is 1. The molecule has 0 amide bonds. The van der Waals surface area contributed by atoms with Crippen LogP contribution in [0.1, 0.15) is 19.0 Å². The number of aliphatic imine (C=N–C) groups is 1. The quantitative estimate of drug-likeness (QED) is 0.266. The lowest BCUT2D eigenvalue weighted by atomic mass is 10.2. The van der Waals surface area contributed by atoms with Crippen LogP contribution < -0.4 is 15.5 Å². The summed E-state index contributed by atoms with van der Waals surface area (Å²) in [5.41, 5.74) is 2.25. The van der Waals surface area contributed by atoms with E-state index in [4.69, 9.17) is 16.6 Å². The minimum Gasteiger partial charge on any atom is -0.357 e. The van der Waals surface area contributed by atoms with Crippen LogP contribution in [0, 0.1) is 0 Å². The molecule has 29 heavy (non-hydrogen) atoms. The van der Waals surface area contributed by atoms with Gasteiger partial charge in [-0.25, -0.2) is 9.98 Å². The number of nitrogens with zero attached hydrogens (tertiary/aromatic N) is 3. The minimum absolute atomic E-state index is 0. The van der Waals surface area contributed by atoms with Crippen molar-refractivity contribution in [1.82, 2.24) is 20.6 Å². The first-order valence-electron chi connectivity index (χ1n) is 9.70. The van der Waals surface area contributed by atoms with Gasteiger partial charge in [-0.15, -0.1) is 24.0 Å². The van der Waals surface area contributed by atoms with E-state index in [1.54, 1.807) is 6.20 Å². The van der Waals surface area contributed by atoms with Crippen molar-refractivity contribution in [3.8, 4) is 0 Å². The van der Waals surface area contributed by atoms with E-state index in [-0.39, 0.29) is 24.0 Å². The fraction of sp³-hybridized carbons (Fsp3) is 0.333. The molecule has 1 fully saturated rings. The van der Waals surface area contributed by atoms with Crippen molar-refractivity contribution in [2.75, 3.05) is 24.5 Å². The third-order valence-electron chi connectivity index (χ3n) is 4.91. The van der Waals surface area contributed by atoms with Crippen molar-refractivity contribution in [2.24, 2.45) is 4.99 Å². The number of H-pyrrole nitrogens is 1. The fourth-order valence-electron chi connectivity index (χ4n) is 3.58. The highest BCUT2D eigenvalue weighted by atomic mass is 127. The molecular weight excluding hydrogens is 499 g/mol. The normalized spacial score (nSPS) is 16.7. The molecule has 1 unspecified atom stereocenters. The van der Waals surface area contributed by atoms with Gasteiger partial charge < -0.3 is 20.5 Å². The average molecular weight is 525 g/mol. The van der Waals surface area contributed by atoms with Crippen LogP contribution in [0.5, 0.6) is 0 Å². The molecule has 1 atom stereocenters. The maximum atomic E-state index is 6.29. The van der Waals surface area contributed by atoms with E-state index in [1.807, 2.05) is 18.2 Å². The number of aromatic nitrogens is 2. The average Bonchev–Trinajstić information content (AvgIpc) is 3.33. The predicted octanol–water partition coefficient (Wildman–Crippen LogP) is 4.17. The van der Waals surface area contributed by atoms with E-state index in [2.05, 4.69) is 56.7 Å². The van der Waals surface area contributed by atoms with Gasteiger partial charge in [0.05, 0.1) is 11.6 Å². The smallest absolute Gasteiger partial charge is 0.191 e. The Bertz CT molecular complexity index is 939. The number of guanidine groups is 1. The first-order chi connectivity index (χ1) is 13.7. The van der Waals surface area contributed by atoms with Gasteiger partial charge in [0, 0.05) is 43.1 Å².